The standard InChI is InChI=1S/C18H20N2O4/c1-23-17(21)12-20-9-10-24-16-7-5-13(6-8-16)14-3-2-4-15(11-14)18(19)22/h2-8,11,20H,9-10,12H2,1H3,(H2,19,22). The molecule has 6 nitrogen and oxygen atoms in total. The molecule has 3 N–H and O–H groups in total. The van der Waals surface area contributed by atoms with Crippen LogP contribution in [0.2, 0.25) is 0 Å². The van der Waals surface area contributed by atoms with Gasteiger partial charge in [0.15, 0.2) is 0 Å². The van der Waals surface area contributed by atoms with Gasteiger partial charge in [0.1, 0.15) is 12.4 Å². The lowest BCUT2D eigenvalue weighted by molar-refractivity contribution is -0.139. The molecule has 2 aromatic rings. The zero-order chi connectivity index (χ0) is 17.4. The number of hydrogen-bond donors (Lipinski definition) is 2. The third-order valence-corrected chi connectivity index (χ3v) is 3.38. The molecule has 0 aliphatic carbocycles. The number of ether oxygens (including phenoxy) is 2. The van der Waals surface area contributed by atoms with Crippen LogP contribution in [0.5, 0.6) is 5.75 Å². The van der Waals surface area contributed by atoms with Crippen LogP contribution in [0.25, 0.3) is 11.1 Å². The van der Waals surface area contributed by atoms with Crippen molar-refractivity contribution < 1.29 is 19.1 Å². The SMILES string of the molecule is COC(=O)CNCCOc1ccc(-c2cccc(C(N)=O)c2)cc1. The number of carbonyl (C=O) groups is 2. The summed E-state index contributed by atoms with van der Waals surface area (Å²) < 4.78 is 10.1. The van der Waals surface area contributed by atoms with E-state index < -0.39 is 5.91 Å². The topological polar surface area (TPSA) is 90.7 Å². The molecule has 0 unspecified atom stereocenters. The first-order chi connectivity index (χ1) is 11.6. The lowest BCUT2D eigenvalue weighted by Crippen LogP contribution is -2.27. The van der Waals surface area contributed by atoms with Gasteiger partial charge >= 0.3 is 5.97 Å². The number of carbonyl (C=O) groups excluding carboxylic acids is 2. The number of amides is 1. The van der Waals surface area contributed by atoms with Gasteiger partial charge in [0.2, 0.25) is 5.91 Å². The molecule has 2 aromatic carbocycles. The molecule has 0 radical (unpaired) electrons. The maximum Gasteiger partial charge on any atom is 0.319 e. The first-order valence-electron chi connectivity index (χ1n) is 7.51. The molecule has 0 aliphatic heterocycles. The van der Waals surface area contributed by atoms with Crippen molar-refractivity contribution in [1.29, 1.82) is 0 Å². The number of benzene rings is 2. The van der Waals surface area contributed by atoms with Crippen molar-refractivity contribution in [3.8, 4) is 16.9 Å². The first kappa shape index (κ1) is 17.5. The minimum absolute atomic E-state index is 0.162. The summed E-state index contributed by atoms with van der Waals surface area (Å²) in [4.78, 5) is 22.2. The normalized spacial score (nSPS) is 10.2. The Kier molecular flexibility index (Phi) is 6.33. The fourth-order valence-electron chi connectivity index (χ4n) is 2.10. The quantitative estimate of drug-likeness (QED) is 0.567. The van der Waals surface area contributed by atoms with Crippen LogP contribution in [0.15, 0.2) is 48.5 Å². The molecule has 0 saturated heterocycles. The van der Waals surface area contributed by atoms with E-state index in [1.807, 2.05) is 30.3 Å². The summed E-state index contributed by atoms with van der Waals surface area (Å²) in [5.74, 6) is -0.0292. The maximum atomic E-state index is 11.2. The van der Waals surface area contributed by atoms with Crippen molar-refractivity contribution in [2.75, 3.05) is 26.8 Å². The molecule has 0 aromatic heterocycles. The van der Waals surface area contributed by atoms with Crippen molar-refractivity contribution >= 4 is 11.9 Å². The summed E-state index contributed by atoms with van der Waals surface area (Å²) in [5, 5.41) is 2.92. The molecule has 24 heavy (non-hydrogen) atoms. The third kappa shape index (κ3) is 5.10. The van der Waals surface area contributed by atoms with Crippen LogP contribution in [0.1, 0.15) is 10.4 Å². The Morgan fingerprint density at radius 2 is 1.83 bits per heavy atom. The molecule has 0 bridgehead atoms. The maximum absolute atomic E-state index is 11.2. The summed E-state index contributed by atoms with van der Waals surface area (Å²) >= 11 is 0. The van der Waals surface area contributed by atoms with Gasteiger partial charge in [0.25, 0.3) is 0 Å². The smallest absolute Gasteiger partial charge is 0.319 e. The molecule has 2 rings (SSSR count). The Labute approximate surface area is 140 Å². The van der Waals surface area contributed by atoms with E-state index in [0.717, 1.165) is 16.9 Å². The zero-order valence-corrected chi connectivity index (χ0v) is 13.5. The van der Waals surface area contributed by atoms with Crippen LogP contribution in [-0.4, -0.2) is 38.7 Å². The van der Waals surface area contributed by atoms with Gasteiger partial charge in [-0.3, -0.25) is 9.59 Å². The third-order valence-electron chi connectivity index (χ3n) is 3.38. The summed E-state index contributed by atoms with van der Waals surface area (Å²) in [6, 6.07) is 14.7. The van der Waals surface area contributed by atoms with E-state index in [1.165, 1.54) is 7.11 Å². The van der Waals surface area contributed by atoms with Gasteiger partial charge in [0, 0.05) is 12.1 Å². The number of nitrogens with two attached hydrogens (primary N) is 1. The van der Waals surface area contributed by atoms with Crippen molar-refractivity contribution in [3.63, 3.8) is 0 Å². The van der Waals surface area contributed by atoms with E-state index in [1.54, 1.807) is 18.2 Å². The predicted octanol–water partition coefficient (Wildman–Crippen LogP) is 1.59. The van der Waals surface area contributed by atoms with E-state index in [-0.39, 0.29) is 12.5 Å². The molecule has 0 saturated carbocycles. The number of esters is 1. The molecule has 126 valence electrons. The van der Waals surface area contributed by atoms with Gasteiger partial charge in [-0.05, 0) is 35.4 Å². The van der Waals surface area contributed by atoms with Gasteiger partial charge in [-0.2, -0.15) is 0 Å². The fraction of sp³-hybridized carbons (Fsp3) is 0.222. The highest BCUT2D eigenvalue weighted by atomic mass is 16.5. The summed E-state index contributed by atoms with van der Waals surface area (Å²) in [5.41, 5.74) is 7.66. The Morgan fingerprint density at radius 1 is 1.08 bits per heavy atom. The minimum Gasteiger partial charge on any atom is -0.492 e. The van der Waals surface area contributed by atoms with Crippen molar-refractivity contribution in [2.45, 2.75) is 0 Å². The molecule has 0 atom stereocenters. The average molecular weight is 328 g/mol. The number of methoxy groups -OCH3 is 1. The van der Waals surface area contributed by atoms with Crippen molar-refractivity contribution in [2.24, 2.45) is 5.73 Å². The van der Waals surface area contributed by atoms with E-state index >= 15 is 0 Å². The highest BCUT2D eigenvalue weighted by Crippen LogP contribution is 2.23. The molecular weight excluding hydrogens is 308 g/mol. The molecular formula is C18H20N2O4. The second-order valence-electron chi connectivity index (χ2n) is 5.07. The zero-order valence-electron chi connectivity index (χ0n) is 13.5. The summed E-state index contributed by atoms with van der Waals surface area (Å²) in [6.45, 7) is 1.14. The number of rotatable bonds is 8. The number of nitrogens with one attached hydrogen (secondary N) is 1. The lowest BCUT2D eigenvalue weighted by atomic mass is 10.0. The monoisotopic (exact) mass is 328 g/mol. The second kappa shape index (κ2) is 8.69. The molecule has 1 amide bonds. The Bertz CT molecular complexity index is 698. The molecule has 0 aliphatic rings. The van der Waals surface area contributed by atoms with Crippen LogP contribution in [0.3, 0.4) is 0 Å². The van der Waals surface area contributed by atoms with Crippen LogP contribution in [0.4, 0.5) is 0 Å². The van der Waals surface area contributed by atoms with Crippen LogP contribution in [-0.2, 0) is 9.53 Å². The van der Waals surface area contributed by atoms with Crippen molar-refractivity contribution in [1.82, 2.24) is 5.32 Å². The largest absolute Gasteiger partial charge is 0.492 e. The van der Waals surface area contributed by atoms with E-state index in [4.69, 9.17) is 10.5 Å². The van der Waals surface area contributed by atoms with Gasteiger partial charge < -0.3 is 20.5 Å². The Balaban J connectivity index is 1.88. The molecule has 0 fully saturated rings. The van der Waals surface area contributed by atoms with Gasteiger partial charge in [-0.25, -0.2) is 0 Å². The fourth-order valence-corrected chi connectivity index (χ4v) is 2.10. The highest BCUT2D eigenvalue weighted by Gasteiger charge is 2.04. The number of primary amides is 1. The summed E-state index contributed by atoms with van der Waals surface area (Å²) in [6.07, 6.45) is 0. The van der Waals surface area contributed by atoms with E-state index in [0.29, 0.717) is 18.7 Å². The van der Waals surface area contributed by atoms with Crippen LogP contribution in [0, 0.1) is 0 Å². The Hall–Kier alpha value is -2.86. The van der Waals surface area contributed by atoms with Crippen molar-refractivity contribution in [3.05, 3.63) is 54.1 Å². The van der Waals surface area contributed by atoms with Gasteiger partial charge in [-0.1, -0.05) is 24.3 Å². The van der Waals surface area contributed by atoms with E-state index in [9.17, 15) is 9.59 Å². The van der Waals surface area contributed by atoms with Crippen LogP contribution >= 0.6 is 0 Å². The van der Waals surface area contributed by atoms with Gasteiger partial charge in [0.05, 0.1) is 13.7 Å². The number of hydrogen-bond acceptors (Lipinski definition) is 5. The minimum atomic E-state index is -0.448. The molecule has 0 heterocycles. The van der Waals surface area contributed by atoms with E-state index in [2.05, 4.69) is 10.1 Å². The first-order valence-corrected chi connectivity index (χ1v) is 7.51. The second-order valence-corrected chi connectivity index (χ2v) is 5.07. The summed E-state index contributed by atoms with van der Waals surface area (Å²) in [7, 11) is 1.35. The molecule has 6 heteroatoms. The highest BCUT2D eigenvalue weighted by molar-refractivity contribution is 5.94. The average Bonchev–Trinajstić information content (AvgIpc) is 2.61. The van der Waals surface area contributed by atoms with Gasteiger partial charge in [-0.15, -0.1) is 0 Å². The predicted molar refractivity (Wildman–Crippen MR) is 90.8 cm³/mol. The lowest BCUT2D eigenvalue weighted by Gasteiger charge is -2.08. The molecule has 0 spiro atoms. The van der Waals surface area contributed by atoms with Crippen LogP contribution < -0.4 is 15.8 Å². The Morgan fingerprint density at radius 3 is 2.50 bits per heavy atom.